The molecule has 0 aliphatic rings. The molecule has 0 fully saturated rings. The van der Waals surface area contributed by atoms with Gasteiger partial charge in [0.25, 0.3) is 0 Å². The third-order valence-electron chi connectivity index (χ3n) is 2.64. The van der Waals surface area contributed by atoms with Gasteiger partial charge >= 0.3 is 0 Å². The first-order valence-corrected chi connectivity index (χ1v) is 6.01. The molecule has 2 nitrogen and oxygen atoms in total. The molecule has 4 heteroatoms. The molecule has 0 radical (unpaired) electrons. The van der Waals surface area contributed by atoms with E-state index in [-0.39, 0.29) is 5.82 Å². The average Bonchev–Trinajstić information content (AvgIpc) is 2.32. The predicted molar refractivity (Wildman–Crippen MR) is 69.1 cm³/mol. The Hall–Kier alpha value is -1.26. The maximum atomic E-state index is 13.5. The quantitative estimate of drug-likeness (QED) is 0.923. The van der Waals surface area contributed by atoms with Crippen molar-refractivity contribution in [1.82, 2.24) is 4.98 Å². The van der Waals surface area contributed by atoms with Gasteiger partial charge in [0.15, 0.2) is 0 Å². The van der Waals surface area contributed by atoms with Gasteiger partial charge in [-0.05, 0) is 52.2 Å². The minimum absolute atomic E-state index is 0.245. The maximum Gasteiger partial charge on any atom is 0.126 e. The fraction of sp³-hybridized carbons (Fsp3) is 0.154. The predicted octanol–water partition coefficient (Wildman–Crippen LogP) is 3.34. The number of nitrogens with two attached hydrogens (primary N) is 1. The van der Waals surface area contributed by atoms with Crippen LogP contribution in [-0.2, 0) is 0 Å². The lowest BCUT2D eigenvalue weighted by atomic mass is 10.0. The van der Waals surface area contributed by atoms with E-state index in [0.717, 1.165) is 4.47 Å². The van der Waals surface area contributed by atoms with Crippen molar-refractivity contribution in [2.75, 3.05) is 0 Å². The van der Waals surface area contributed by atoms with Crippen LogP contribution in [-0.4, -0.2) is 4.98 Å². The number of rotatable bonds is 2. The summed E-state index contributed by atoms with van der Waals surface area (Å²) in [6, 6.07) is 8.26. The highest BCUT2D eigenvalue weighted by Crippen LogP contribution is 2.25. The molecule has 1 atom stereocenters. The Labute approximate surface area is 108 Å². The molecule has 0 bridgehead atoms. The second-order valence-electron chi connectivity index (χ2n) is 3.86. The van der Waals surface area contributed by atoms with Gasteiger partial charge in [-0.15, -0.1) is 0 Å². The fourth-order valence-electron chi connectivity index (χ4n) is 1.59. The van der Waals surface area contributed by atoms with Gasteiger partial charge in [-0.2, -0.15) is 0 Å². The van der Waals surface area contributed by atoms with Crippen molar-refractivity contribution >= 4 is 15.9 Å². The summed E-state index contributed by atoms with van der Waals surface area (Å²) in [6.07, 6.45) is 1.67. The molecular weight excluding hydrogens is 283 g/mol. The topological polar surface area (TPSA) is 38.9 Å². The summed E-state index contributed by atoms with van der Waals surface area (Å²) < 4.78 is 14.3. The second-order valence-corrected chi connectivity index (χ2v) is 4.71. The molecule has 0 aliphatic heterocycles. The zero-order chi connectivity index (χ0) is 12.4. The molecule has 1 aromatic carbocycles. The maximum absolute atomic E-state index is 13.5. The third-order valence-corrected chi connectivity index (χ3v) is 3.31. The molecule has 0 spiro atoms. The molecule has 1 aromatic heterocycles. The highest BCUT2D eigenvalue weighted by atomic mass is 79.9. The van der Waals surface area contributed by atoms with Gasteiger partial charge in [0, 0.05) is 10.7 Å². The standard InChI is InChI=1S/C13H12BrFN2/c1-8-4-5-9(7-11(8)15)12(16)13-10(14)3-2-6-17-13/h2-7,12H,16H2,1H3. The minimum Gasteiger partial charge on any atom is -0.319 e. The van der Waals surface area contributed by atoms with Gasteiger partial charge in [-0.3, -0.25) is 4.98 Å². The van der Waals surface area contributed by atoms with Crippen LogP contribution < -0.4 is 5.73 Å². The normalized spacial score (nSPS) is 12.5. The van der Waals surface area contributed by atoms with Gasteiger partial charge in [-0.1, -0.05) is 12.1 Å². The number of hydrogen-bond donors (Lipinski definition) is 1. The lowest BCUT2D eigenvalue weighted by Crippen LogP contribution is -2.14. The summed E-state index contributed by atoms with van der Waals surface area (Å²) in [5, 5.41) is 0. The molecule has 0 saturated carbocycles. The second kappa shape index (κ2) is 4.94. The minimum atomic E-state index is -0.430. The van der Waals surface area contributed by atoms with Gasteiger partial charge in [-0.25, -0.2) is 4.39 Å². The van der Waals surface area contributed by atoms with E-state index in [0.29, 0.717) is 16.8 Å². The number of hydrogen-bond acceptors (Lipinski definition) is 2. The van der Waals surface area contributed by atoms with Crippen molar-refractivity contribution in [3.8, 4) is 0 Å². The van der Waals surface area contributed by atoms with E-state index < -0.39 is 6.04 Å². The molecule has 1 heterocycles. The Morgan fingerprint density at radius 3 is 2.76 bits per heavy atom. The van der Waals surface area contributed by atoms with Crippen LogP contribution in [0.15, 0.2) is 41.0 Å². The lowest BCUT2D eigenvalue weighted by molar-refractivity contribution is 0.614. The van der Waals surface area contributed by atoms with E-state index in [1.54, 1.807) is 19.2 Å². The monoisotopic (exact) mass is 294 g/mol. The van der Waals surface area contributed by atoms with Crippen molar-refractivity contribution in [3.05, 3.63) is 63.6 Å². The molecule has 0 saturated heterocycles. The van der Waals surface area contributed by atoms with Crippen molar-refractivity contribution in [2.45, 2.75) is 13.0 Å². The van der Waals surface area contributed by atoms with Crippen LogP contribution in [0.4, 0.5) is 4.39 Å². The number of aryl methyl sites for hydroxylation is 1. The number of aromatic nitrogens is 1. The summed E-state index contributed by atoms with van der Waals surface area (Å²) in [4.78, 5) is 4.21. The Bertz CT molecular complexity index is 543. The summed E-state index contributed by atoms with van der Waals surface area (Å²) in [5.74, 6) is -0.245. The zero-order valence-corrected chi connectivity index (χ0v) is 10.9. The van der Waals surface area contributed by atoms with Crippen LogP contribution in [0.1, 0.15) is 22.9 Å². The van der Waals surface area contributed by atoms with Crippen LogP contribution in [0.2, 0.25) is 0 Å². The number of nitrogens with zero attached hydrogens (tertiary/aromatic N) is 1. The lowest BCUT2D eigenvalue weighted by Gasteiger charge is -2.13. The molecule has 2 aromatic rings. The molecule has 2 rings (SSSR count). The smallest absolute Gasteiger partial charge is 0.126 e. The number of halogens is 2. The van der Waals surface area contributed by atoms with Crippen LogP contribution in [0.3, 0.4) is 0 Å². The highest BCUT2D eigenvalue weighted by Gasteiger charge is 2.14. The molecule has 88 valence electrons. The Morgan fingerprint density at radius 2 is 2.12 bits per heavy atom. The van der Waals surface area contributed by atoms with Crippen LogP contribution in [0.25, 0.3) is 0 Å². The molecule has 17 heavy (non-hydrogen) atoms. The van der Waals surface area contributed by atoms with Crippen LogP contribution in [0, 0.1) is 12.7 Å². The van der Waals surface area contributed by atoms with Gasteiger partial charge in [0.2, 0.25) is 0 Å². The van der Waals surface area contributed by atoms with Crippen LogP contribution >= 0.6 is 15.9 Å². The van der Waals surface area contributed by atoms with E-state index in [4.69, 9.17) is 5.73 Å². The van der Waals surface area contributed by atoms with E-state index >= 15 is 0 Å². The first-order valence-electron chi connectivity index (χ1n) is 5.21. The third kappa shape index (κ3) is 2.53. The summed E-state index contributed by atoms with van der Waals surface area (Å²) in [7, 11) is 0. The highest BCUT2D eigenvalue weighted by molar-refractivity contribution is 9.10. The van der Waals surface area contributed by atoms with Gasteiger partial charge < -0.3 is 5.73 Å². The van der Waals surface area contributed by atoms with Crippen molar-refractivity contribution < 1.29 is 4.39 Å². The van der Waals surface area contributed by atoms with E-state index in [2.05, 4.69) is 20.9 Å². The molecular formula is C13H12BrFN2. The van der Waals surface area contributed by atoms with Gasteiger partial charge in [0.05, 0.1) is 11.7 Å². The molecule has 1 unspecified atom stereocenters. The first-order chi connectivity index (χ1) is 8.09. The average molecular weight is 295 g/mol. The Kier molecular flexibility index (Phi) is 3.54. The molecule has 0 amide bonds. The Morgan fingerprint density at radius 1 is 1.35 bits per heavy atom. The van der Waals surface area contributed by atoms with Crippen molar-refractivity contribution in [3.63, 3.8) is 0 Å². The van der Waals surface area contributed by atoms with E-state index in [9.17, 15) is 4.39 Å². The Balaban J connectivity index is 2.40. The fourth-order valence-corrected chi connectivity index (χ4v) is 2.09. The SMILES string of the molecule is Cc1ccc(C(N)c2ncccc2Br)cc1F. The van der Waals surface area contributed by atoms with Crippen LogP contribution in [0.5, 0.6) is 0 Å². The van der Waals surface area contributed by atoms with Gasteiger partial charge in [0.1, 0.15) is 5.82 Å². The van der Waals surface area contributed by atoms with E-state index in [1.165, 1.54) is 6.07 Å². The summed E-state index contributed by atoms with van der Waals surface area (Å²) >= 11 is 3.39. The number of pyridine rings is 1. The summed E-state index contributed by atoms with van der Waals surface area (Å²) in [6.45, 7) is 1.72. The largest absolute Gasteiger partial charge is 0.319 e. The zero-order valence-electron chi connectivity index (χ0n) is 9.32. The molecule has 0 aliphatic carbocycles. The van der Waals surface area contributed by atoms with E-state index in [1.807, 2.05) is 18.2 Å². The summed E-state index contributed by atoms with van der Waals surface area (Å²) in [5.41, 5.74) is 8.11. The molecule has 2 N–H and O–H groups in total. The van der Waals surface area contributed by atoms with Crippen molar-refractivity contribution in [1.29, 1.82) is 0 Å². The number of benzene rings is 1. The van der Waals surface area contributed by atoms with Crippen molar-refractivity contribution in [2.24, 2.45) is 5.73 Å². The first kappa shape index (κ1) is 12.2.